The third-order valence-electron chi connectivity index (χ3n) is 2.80. The molecule has 1 aliphatic rings. The number of nitrogens with zero attached hydrogens (tertiary/aromatic N) is 3. The second-order valence-electron chi connectivity index (χ2n) is 3.91. The molecule has 16 heavy (non-hydrogen) atoms. The van der Waals surface area contributed by atoms with Crippen LogP contribution in [0.15, 0.2) is 12.4 Å². The van der Waals surface area contributed by atoms with E-state index in [0.29, 0.717) is 11.6 Å². The van der Waals surface area contributed by atoms with Crippen LogP contribution in [-0.4, -0.2) is 28.5 Å². The van der Waals surface area contributed by atoms with Crippen molar-refractivity contribution in [3.05, 3.63) is 12.4 Å². The third kappa shape index (κ3) is 2.05. The summed E-state index contributed by atoms with van der Waals surface area (Å²) in [6, 6.07) is 1.39. The fourth-order valence-electron chi connectivity index (χ4n) is 2.02. The quantitative estimate of drug-likeness (QED) is 0.726. The van der Waals surface area contributed by atoms with Crippen LogP contribution in [0.4, 0.5) is 11.6 Å². The first-order valence-electron chi connectivity index (χ1n) is 5.32. The minimum Gasteiger partial charge on any atom is -0.384 e. The van der Waals surface area contributed by atoms with Crippen molar-refractivity contribution in [2.24, 2.45) is 5.73 Å². The van der Waals surface area contributed by atoms with Crippen LogP contribution in [0.5, 0.6) is 0 Å². The Morgan fingerprint density at radius 3 is 2.94 bits per heavy atom. The van der Waals surface area contributed by atoms with E-state index in [0.717, 1.165) is 25.8 Å². The highest BCUT2D eigenvalue weighted by molar-refractivity contribution is 5.83. The number of nitrogens with two attached hydrogens (primary N) is 2. The van der Waals surface area contributed by atoms with Gasteiger partial charge in [-0.15, -0.1) is 0 Å². The van der Waals surface area contributed by atoms with Crippen molar-refractivity contribution in [1.82, 2.24) is 9.97 Å². The fourth-order valence-corrected chi connectivity index (χ4v) is 2.02. The van der Waals surface area contributed by atoms with Crippen LogP contribution >= 0.6 is 0 Å². The molecule has 0 aliphatic carbocycles. The lowest BCUT2D eigenvalue weighted by Gasteiger charge is -2.34. The summed E-state index contributed by atoms with van der Waals surface area (Å²) >= 11 is 0. The molecular formula is C10H15N5O. The number of rotatable bonds is 2. The Bertz CT molecular complexity index is 395. The van der Waals surface area contributed by atoms with Gasteiger partial charge < -0.3 is 16.4 Å². The van der Waals surface area contributed by atoms with E-state index in [1.54, 1.807) is 6.07 Å². The van der Waals surface area contributed by atoms with Gasteiger partial charge in [-0.25, -0.2) is 9.97 Å². The van der Waals surface area contributed by atoms with Crippen molar-refractivity contribution in [3.63, 3.8) is 0 Å². The average Bonchev–Trinajstić information content (AvgIpc) is 2.29. The van der Waals surface area contributed by atoms with Gasteiger partial charge in [-0.05, 0) is 19.3 Å². The Hall–Kier alpha value is -1.85. The molecule has 0 spiro atoms. The highest BCUT2D eigenvalue weighted by Crippen LogP contribution is 2.23. The van der Waals surface area contributed by atoms with Crippen LogP contribution < -0.4 is 16.4 Å². The predicted octanol–water partition coefficient (Wildman–Crippen LogP) is -0.0970. The zero-order valence-electron chi connectivity index (χ0n) is 8.97. The Kier molecular flexibility index (Phi) is 2.89. The van der Waals surface area contributed by atoms with E-state index in [2.05, 4.69) is 9.97 Å². The molecule has 0 aromatic carbocycles. The SMILES string of the molecule is NC(=O)C1CCCCN1c1cc(N)ncn1. The maximum Gasteiger partial charge on any atom is 0.240 e. The molecular weight excluding hydrogens is 206 g/mol. The van der Waals surface area contributed by atoms with Gasteiger partial charge in [0.25, 0.3) is 0 Å². The zero-order valence-corrected chi connectivity index (χ0v) is 8.97. The zero-order chi connectivity index (χ0) is 11.5. The van der Waals surface area contributed by atoms with Gasteiger partial charge >= 0.3 is 0 Å². The summed E-state index contributed by atoms with van der Waals surface area (Å²) < 4.78 is 0. The topological polar surface area (TPSA) is 98.1 Å². The molecule has 1 amide bonds. The van der Waals surface area contributed by atoms with Crippen LogP contribution in [0.3, 0.4) is 0 Å². The number of anilines is 2. The molecule has 86 valence electrons. The average molecular weight is 221 g/mol. The molecule has 1 unspecified atom stereocenters. The molecule has 1 fully saturated rings. The molecule has 1 aliphatic heterocycles. The summed E-state index contributed by atoms with van der Waals surface area (Å²) in [5.41, 5.74) is 11.0. The van der Waals surface area contributed by atoms with Gasteiger partial charge in [0.2, 0.25) is 5.91 Å². The number of primary amides is 1. The van der Waals surface area contributed by atoms with Crippen molar-refractivity contribution in [2.45, 2.75) is 25.3 Å². The molecule has 2 rings (SSSR count). The van der Waals surface area contributed by atoms with Crippen molar-refractivity contribution in [3.8, 4) is 0 Å². The van der Waals surface area contributed by atoms with Gasteiger partial charge in [0.05, 0.1) is 0 Å². The maximum absolute atomic E-state index is 11.3. The second-order valence-corrected chi connectivity index (χ2v) is 3.91. The highest BCUT2D eigenvalue weighted by Gasteiger charge is 2.27. The van der Waals surface area contributed by atoms with Gasteiger partial charge in [-0.3, -0.25) is 4.79 Å². The van der Waals surface area contributed by atoms with Gasteiger partial charge in [0.15, 0.2) is 0 Å². The molecule has 1 aromatic rings. The molecule has 1 aromatic heterocycles. The number of hydrogen-bond donors (Lipinski definition) is 2. The third-order valence-corrected chi connectivity index (χ3v) is 2.80. The number of hydrogen-bond acceptors (Lipinski definition) is 5. The van der Waals surface area contributed by atoms with E-state index in [1.165, 1.54) is 6.33 Å². The van der Waals surface area contributed by atoms with Gasteiger partial charge in [0.1, 0.15) is 24.0 Å². The van der Waals surface area contributed by atoms with E-state index < -0.39 is 0 Å². The summed E-state index contributed by atoms with van der Waals surface area (Å²) in [5.74, 6) is 0.770. The normalized spacial score (nSPS) is 20.8. The number of carbonyl (C=O) groups excluding carboxylic acids is 1. The molecule has 6 nitrogen and oxygen atoms in total. The molecule has 0 saturated carbocycles. The highest BCUT2D eigenvalue weighted by atomic mass is 16.1. The predicted molar refractivity (Wildman–Crippen MR) is 60.6 cm³/mol. The number of piperidine rings is 1. The lowest BCUT2D eigenvalue weighted by Crippen LogP contribution is -2.48. The van der Waals surface area contributed by atoms with Crippen LogP contribution in [0.1, 0.15) is 19.3 Å². The maximum atomic E-state index is 11.3. The summed E-state index contributed by atoms with van der Waals surface area (Å²) in [5, 5.41) is 0. The summed E-state index contributed by atoms with van der Waals surface area (Å²) in [6.45, 7) is 0.782. The van der Waals surface area contributed by atoms with Crippen molar-refractivity contribution < 1.29 is 4.79 Å². The van der Waals surface area contributed by atoms with Crippen molar-refractivity contribution in [2.75, 3.05) is 17.2 Å². The lowest BCUT2D eigenvalue weighted by atomic mass is 10.0. The number of aromatic nitrogens is 2. The lowest BCUT2D eigenvalue weighted by molar-refractivity contribution is -0.119. The van der Waals surface area contributed by atoms with E-state index in [4.69, 9.17) is 11.5 Å². The molecule has 6 heteroatoms. The van der Waals surface area contributed by atoms with Gasteiger partial charge in [-0.1, -0.05) is 0 Å². The van der Waals surface area contributed by atoms with Crippen LogP contribution in [-0.2, 0) is 4.79 Å². The van der Waals surface area contributed by atoms with Crippen molar-refractivity contribution >= 4 is 17.5 Å². The molecule has 0 bridgehead atoms. The summed E-state index contributed by atoms with van der Waals surface area (Å²) in [4.78, 5) is 21.2. The van der Waals surface area contributed by atoms with Gasteiger partial charge in [-0.2, -0.15) is 0 Å². The number of carbonyl (C=O) groups is 1. The Morgan fingerprint density at radius 2 is 2.25 bits per heavy atom. The Balaban J connectivity index is 2.26. The Labute approximate surface area is 93.7 Å². The monoisotopic (exact) mass is 221 g/mol. The standard InChI is InChI=1S/C10H15N5O/c11-8-5-9(14-6-13-8)15-4-2-1-3-7(15)10(12)16/h5-7H,1-4H2,(H2,12,16)(H2,11,13,14). The van der Waals surface area contributed by atoms with E-state index in [1.807, 2.05) is 4.90 Å². The molecule has 0 radical (unpaired) electrons. The summed E-state index contributed by atoms with van der Waals surface area (Å²) in [7, 11) is 0. The minimum absolute atomic E-state index is 0.275. The largest absolute Gasteiger partial charge is 0.384 e. The summed E-state index contributed by atoms with van der Waals surface area (Å²) in [6.07, 6.45) is 4.23. The van der Waals surface area contributed by atoms with Crippen molar-refractivity contribution in [1.29, 1.82) is 0 Å². The van der Waals surface area contributed by atoms with E-state index >= 15 is 0 Å². The number of nitrogen functional groups attached to an aromatic ring is 1. The van der Waals surface area contributed by atoms with Crippen LogP contribution in [0.2, 0.25) is 0 Å². The van der Waals surface area contributed by atoms with Crippen LogP contribution in [0, 0.1) is 0 Å². The molecule has 4 N–H and O–H groups in total. The van der Waals surface area contributed by atoms with E-state index in [9.17, 15) is 4.79 Å². The number of amides is 1. The second kappa shape index (κ2) is 4.34. The van der Waals surface area contributed by atoms with E-state index in [-0.39, 0.29) is 11.9 Å². The molecule has 1 saturated heterocycles. The smallest absolute Gasteiger partial charge is 0.240 e. The molecule has 1 atom stereocenters. The first-order chi connectivity index (χ1) is 7.68. The Morgan fingerprint density at radius 1 is 1.44 bits per heavy atom. The molecule has 2 heterocycles. The first-order valence-corrected chi connectivity index (χ1v) is 5.32. The van der Waals surface area contributed by atoms with Gasteiger partial charge in [0, 0.05) is 12.6 Å². The van der Waals surface area contributed by atoms with Crippen LogP contribution in [0.25, 0.3) is 0 Å². The fraction of sp³-hybridized carbons (Fsp3) is 0.500. The minimum atomic E-state index is -0.308. The first kappa shape index (κ1) is 10.7.